The summed E-state index contributed by atoms with van der Waals surface area (Å²) in [5.41, 5.74) is 1.78. The smallest absolute Gasteiger partial charge is 0.244 e. The maximum absolute atomic E-state index is 13.4. The van der Waals surface area contributed by atoms with Gasteiger partial charge in [0, 0.05) is 25.2 Å². The Labute approximate surface area is 166 Å². The van der Waals surface area contributed by atoms with E-state index in [0.717, 1.165) is 5.56 Å². The Balaban J connectivity index is 0.00000261. The van der Waals surface area contributed by atoms with Gasteiger partial charge in [-0.25, -0.2) is 8.42 Å². The van der Waals surface area contributed by atoms with Crippen LogP contribution in [-0.2, 0) is 10.0 Å². The molecule has 1 saturated heterocycles. The molecule has 8 heteroatoms. The van der Waals surface area contributed by atoms with E-state index in [1.807, 2.05) is 30.3 Å². The molecule has 1 fully saturated rings. The van der Waals surface area contributed by atoms with E-state index in [2.05, 4.69) is 5.32 Å². The van der Waals surface area contributed by atoms with Crippen molar-refractivity contribution < 1.29 is 13.2 Å². The summed E-state index contributed by atoms with van der Waals surface area (Å²) < 4.78 is 33.8. The van der Waals surface area contributed by atoms with E-state index in [-0.39, 0.29) is 23.3 Å². The van der Waals surface area contributed by atoms with E-state index >= 15 is 0 Å². The van der Waals surface area contributed by atoms with Gasteiger partial charge in [-0.2, -0.15) is 9.57 Å². The predicted molar refractivity (Wildman–Crippen MR) is 106 cm³/mol. The quantitative estimate of drug-likeness (QED) is 0.842. The van der Waals surface area contributed by atoms with Crippen LogP contribution in [0.5, 0.6) is 5.75 Å². The minimum atomic E-state index is -3.76. The molecule has 1 atom stereocenters. The van der Waals surface area contributed by atoms with Crippen molar-refractivity contribution in [1.29, 1.82) is 5.26 Å². The van der Waals surface area contributed by atoms with Gasteiger partial charge in [0.1, 0.15) is 5.75 Å². The van der Waals surface area contributed by atoms with Crippen LogP contribution in [0.2, 0.25) is 0 Å². The molecule has 0 aromatic heterocycles. The molecule has 2 aromatic carbocycles. The molecule has 1 N–H and O–H groups in total. The molecular formula is C19H22ClN3O3S. The van der Waals surface area contributed by atoms with Gasteiger partial charge in [-0.15, -0.1) is 12.4 Å². The van der Waals surface area contributed by atoms with Crippen LogP contribution in [-0.4, -0.2) is 39.5 Å². The Morgan fingerprint density at radius 2 is 2.00 bits per heavy atom. The number of benzene rings is 2. The highest BCUT2D eigenvalue weighted by Crippen LogP contribution is 2.34. The molecule has 0 spiro atoms. The normalized spacial score (nSPS) is 17.6. The summed E-state index contributed by atoms with van der Waals surface area (Å²) in [6.45, 7) is 3.16. The summed E-state index contributed by atoms with van der Waals surface area (Å²) in [5, 5.41) is 12.4. The van der Waals surface area contributed by atoms with Crippen molar-refractivity contribution in [1.82, 2.24) is 9.62 Å². The van der Waals surface area contributed by atoms with Crippen LogP contribution < -0.4 is 10.1 Å². The number of nitrogens with one attached hydrogen (secondary N) is 1. The third kappa shape index (κ3) is 4.09. The van der Waals surface area contributed by atoms with E-state index in [1.54, 1.807) is 26.2 Å². The van der Waals surface area contributed by atoms with Crippen LogP contribution in [0.3, 0.4) is 0 Å². The lowest BCUT2D eigenvalue weighted by Crippen LogP contribution is -2.48. The molecule has 3 rings (SSSR count). The summed E-state index contributed by atoms with van der Waals surface area (Å²) in [4.78, 5) is 0.179. The van der Waals surface area contributed by atoms with E-state index in [1.165, 1.54) is 10.4 Å². The van der Waals surface area contributed by atoms with Gasteiger partial charge in [0.25, 0.3) is 0 Å². The van der Waals surface area contributed by atoms with Crippen molar-refractivity contribution >= 4 is 22.4 Å². The number of hydrogen-bond donors (Lipinski definition) is 1. The maximum Gasteiger partial charge on any atom is 0.244 e. The summed E-state index contributed by atoms with van der Waals surface area (Å²) >= 11 is 0. The number of para-hydroxylation sites is 1. The van der Waals surface area contributed by atoms with Crippen molar-refractivity contribution in [2.45, 2.75) is 17.9 Å². The van der Waals surface area contributed by atoms with Gasteiger partial charge < -0.3 is 10.1 Å². The Morgan fingerprint density at radius 3 is 2.70 bits per heavy atom. The van der Waals surface area contributed by atoms with Crippen LogP contribution in [0.4, 0.5) is 0 Å². The molecule has 1 aliphatic heterocycles. The summed E-state index contributed by atoms with van der Waals surface area (Å²) in [6, 6.07) is 13.8. The van der Waals surface area contributed by atoms with E-state index in [9.17, 15) is 8.42 Å². The van der Waals surface area contributed by atoms with Crippen LogP contribution in [0, 0.1) is 18.3 Å². The van der Waals surface area contributed by atoms with Crippen LogP contribution in [0.25, 0.3) is 0 Å². The van der Waals surface area contributed by atoms with Crippen molar-refractivity contribution in [2.24, 2.45) is 0 Å². The monoisotopic (exact) mass is 407 g/mol. The Hall–Kier alpha value is -2.11. The molecule has 1 unspecified atom stereocenters. The standard InChI is InChI=1S/C19H21N3O3S.ClH/c1-14-7-8-15(12-20)11-19(14)26(23,24)22-10-9-21-13-17(22)16-5-3-4-6-18(16)25-2;/h3-8,11,17,21H,9-10,13H2,1-2H3;1H. The molecule has 0 saturated carbocycles. The number of hydrogen-bond acceptors (Lipinski definition) is 5. The second-order valence-electron chi connectivity index (χ2n) is 6.17. The molecule has 144 valence electrons. The van der Waals surface area contributed by atoms with Gasteiger partial charge >= 0.3 is 0 Å². The molecule has 1 aliphatic rings. The van der Waals surface area contributed by atoms with E-state index < -0.39 is 10.0 Å². The number of nitrogens with zero attached hydrogens (tertiary/aromatic N) is 2. The van der Waals surface area contributed by atoms with Gasteiger partial charge in [-0.05, 0) is 30.7 Å². The van der Waals surface area contributed by atoms with Crippen LogP contribution in [0.1, 0.15) is 22.7 Å². The second kappa shape index (κ2) is 8.72. The lowest BCUT2D eigenvalue weighted by Gasteiger charge is -2.36. The Kier molecular flexibility index (Phi) is 6.84. The highest BCUT2D eigenvalue weighted by molar-refractivity contribution is 7.89. The summed E-state index contributed by atoms with van der Waals surface area (Å²) in [5.74, 6) is 0.656. The molecule has 0 radical (unpaired) electrons. The fourth-order valence-electron chi connectivity index (χ4n) is 3.25. The fourth-order valence-corrected chi connectivity index (χ4v) is 5.11. The minimum Gasteiger partial charge on any atom is -0.496 e. The number of methoxy groups -OCH3 is 1. The lowest BCUT2D eigenvalue weighted by molar-refractivity contribution is 0.264. The zero-order valence-electron chi connectivity index (χ0n) is 15.2. The molecule has 1 heterocycles. The van der Waals surface area contributed by atoms with Gasteiger partial charge in [0.15, 0.2) is 0 Å². The van der Waals surface area contributed by atoms with Gasteiger partial charge in [-0.3, -0.25) is 0 Å². The number of sulfonamides is 1. The first-order chi connectivity index (χ1) is 12.5. The highest BCUT2D eigenvalue weighted by atomic mass is 35.5. The highest BCUT2D eigenvalue weighted by Gasteiger charge is 2.36. The average Bonchev–Trinajstić information content (AvgIpc) is 2.68. The third-order valence-electron chi connectivity index (χ3n) is 4.60. The van der Waals surface area contributed by atoms with Gasteiger partial charge in [0.2, 0.25) is 10.0 Å². The third-order valence-corrected chi connectivity index (χ3v) is 6.65. The topological polar surface area (TPSA) is 82.4 Å². The predicted octanol–water partition coefficient (Wildman–Crippen LogP) is 2.63. The van der Waals surface area contributed by atoms with Crippen molar-refractivity contribution in [3.8, 4) is 11.8 Å². The minimum absolute atomic E-state index is 0. The molecule has 6 nitrogen and oxygen atoms in total. The Morgan fingerprint density at radius 1 is 1.26 bits per heavy atom. The molecule has 0 bridgehead atoms. The number of ether oxygens (including phenoxy) is 1. The Bertz CT molecular complexity index is 957. The molecule has 0 aliphatic carbocycles. The van der Waals surface area contributed by atoms with Crippen molar-refractivity contribution in [3.05, 3.63) is 59.2 Å². The zero-order valence-corrected chi connectivity index (χ0v) is 16.8. The van der Waals surface area contributed by atoms with Crippen molar-refractivity contribution in [2.75, 3.05) is 26.7 Å². The lowest BCUT2D eigenvalue weighted by atomic mass is 10.0. The maximum atomic E-state index is 13.4. The average molecular weight is 408 g/mol. The van der Waals surface area contributed by atoms with Gasteiger partial charge in [-0.1, -0.05) is 24.3 Å². The molecule has 27 heavy (non-hydrogen) atoms. The first kappa shape index (κ1) is 21.2. The SMILES string of the molecule is COc1ccccc1C1CNCCN1S(=O)(=O)c1cc(C#N)ccc1C.Cl. The van der Waals surface area contributed by atoms with E-state index in [4.69, 9.17) is 10.00 Å². The summed E-state index contributed by atoms with van der Waals surface area (Å²) in [6.07, 6.45) is 0. The van der Waals surface area contributed by atoms with Crippen molar-refractivity contribution in [3.63, 3.8) is 0 Å². The molecule has 2 aromatic rings. The second-order valence-corrected chi connectivity index (χ2v) is 8.03. The van der Waals surface area contributed by atoms with Gasteiger partial charge in [0.05, 0.1) is 29.7 Å². The molecule has 0 amide bonds. The number of rotatable bonds is 4. The number of nitriles is 1. The molecular weight excluding hydrogens is 386 g/mol. The summed E-state index contributed by atoms with van der Waals surface area (Å²) in [7, 11) is -2.18. The van der Waals surface area contributed by atoms with E-state index in [0.29, 0.717) is 36.5 Å². The fraction of sp³-hybridized carbons (Fsp3) is 0.316. The first-order valence-electron chi connectivity index (χ1n) is 8.35. The number of halogens is 1. The largest absolute Gasteiger partial charge is 0.496 e. The van der Waals surface area contributed by atoms with Crippen LogP contribution >= 0.6 is 12.4 Å². The first-order valence-corrected chi connectivity index (χ1v) is 9.79. The number of piperazine rings is 1. The number of aryl methyl sites for hydroxylation is 1. The van der Waals surface area contributed by atoms with Crippen LogP contribution in [0.15, 0.2) is 47.4 Å². The zero-order chi connectivity index (χ0) is 18.7.